The standard InChI is InChI=1S/C18H18ClN5O2S/c19-12-1-5-15(6-2-12)26-9-18-22-13(10-27-18)7-17(25)20-8-16-23-21-11-24(16)14-3-4-14/h1-2,5-6,10-11,14H,3-4,7-9H2,(H,20,25). The molecule has 140 valence electrons. The molecule has 0 aliphatic heterocycles. The van der Waals surface area contributed by atoms with Crippen LogP contribution in [0.4, 0.5) is 0 Å². The molecular formula is C18H18ClN5O2S. The minimum Gasteiger partial charge on any atom is -0.486 e. The van der Waals surface area contributed by atoms with E-state index < -0.39 is 0 Å². The Balaban J connectivity index is 1.25. The first-order chi connectivity index (χ1) is 13.2. The fraction of sp³-hybridized carbons (Fsp3) is 0.333. The average Bonchev–Trinajstić information content (AvgIpc) is 3.23. The summed E-state index contributed by atoms with van der Waals surface area (Å²) >= 11 is 7.33. The van der Waals surface area contributed by atoms with Crippen molar-refractivity contribution in [2.45, 2.75) is 38.5 Å². The molecular weight excluding hydrogens is 386 g/mol. The predicted molar refractivity (Wildman–Crippen MR) is 102 cm³/mol. The van der Waals surface area contributed by atoms with Crippen LogP contribution >= 0.6 is 22.9 Å². The molecule has 4 rings (SSSR count). The highest BCUT2D eigenvalue weighted by molar-refractivity contribution is 7.09. The molecule has 0 spiro atoms. The van der Waals surface area contributed by atoms with E-state index in [1.807, 2.05) is 22.1 Å². The van der Waals surface area contributed by atoms with Gasteiger partial charge >= 0.3 is 0 Å². The molecule has 27 heavy (non-hydrogen) atoms. The Kier molecular flexibility index (Phi) is 5.35. The Morgan fingerprint density at radius 1 is 1.33 bits per heavy atom. The molecule has 1 aromatic carbocycles. The summed E-state index contributed by atoms with van der Waals surface area (Å²) in [4.78, 5) is 16.6. The van der Waals surface area contributed by atoms with Gasteiger partial charge in [-0.05, 0) is 37.1 Å². The van der Waals surface area contributed by atoms with Crippen LogP contribution in [-0.2, 0) is 24.4 Å². The van der Waals surface area contributed by atoms with Gasteiger partial charge in [0.25, 0.3) is 0 Å². The Morgan fingerprint density at radius 3 is 2.93 bits per heavy atom. The van der Waals surface area contributed by atoms with E-state index >= 15 is 0 Å². The van der Waals surface area contributed by atoms with Crippen LogP contribution in [0.2, 0.25) is 5.02 Å². The molecule has 1 N–H and O–H groups in total. The van der Waals surface area contributed by atoms with E-state index in [9.17, 15) is 4.79 Å². The van der Waals surface area contributed by atoms with Gasteiger partial charge in [0.15, 0.2) is 5.82 Å². The van der Waals surface area contributed by atoms with Crippen molar-refractivity contribution in [3.05, 3.63) is 57.5 Å². The number of rotatable bonds is 8. The Bertz CT molecular complexity index is 920. The van der Waals surface area contributed by atoms with Crippen LogP contribution in [0.3, 0.4) is 0 Å². The first-order valence-electron chi connectivity index (χ1n) is 8.64. The molecule has 0 unspecified atom stereocenters. The van der Waals surface area contributed by atoms with Crippen LogP contribution in [0.1, 0.15) is 35.4 Å². The number of halogens is 1. The maximum atomic E-state index is 12.2. The second-order valence-electron chi connectivity index (χ2n) is 6.31. The number of aromatic nitrogens is 4. The van der Waals surface area contributed by atoms with Crippen molar-refractivity contribution in [2.75, 3.05) is 0 Å². The third-order valence-corrected chi connectivity index (χ3v) is 5.27. The minimum atomic E-state index is -0.0872. The van der Waals surface area contributed by atoms with E-state index in [4.69, 9.17) is 16.3 Å². The zero-order valence-corrected chi connectivity index (χ0v) is 16.0. The molecule has 3 aromatic rings. The van der Waals surface area contributed by atoms with Gasteiger partial charge in [-0.3, -0.25) is 4.79 Å². The van der Waals surface area contributed by atoms with Crippen LogP contribution in [0.5, 0.6) is 5.75 Å². The van der Waals surface area contributed by atoms with Crippen molar-refractivity contribution in [3.63, 3.8) is 0 Å². The van der Waals surface area contributed by atoms with Gasteiger partial charge in [-0.25, -0.2) is 4.98 Å². The van der Waals surface area contributed by atoms with Crippen LogP contribution in [0.25, 0.3) is 0 Å². The molecule has 7 nitrogen and oxygen atoms in total. The van der Waals surface area contributed by atoms with Gasteiger partial charge in [-0.15, -0.1) is 21.5 Å². The first kappa shape index (κ1) is 17.9. The highest BCUT2D eigenvalue weighted by Crippen LogP contribution is 2.35. The fourth-order valence-electron chi connectivity index (χ4n) is 2.63. The summed E-state index contributed by atoms with van der Waals surface area (Å²) < 4.78 is 7.71. The lowest BCUT2D eigenvalue weighted by Gasteiger charge is -2.06. The van der Waals surface area contributed by atoms with E-state index in [1.54, 1.807) is 18.5 Å². The fourth-order valence-corrected chi connectivity index (χ4v) is 3.46. The van der Waals surface area contributed by atoms with E-state index in [2.05, 4.69) is 20.5 Å². The number of ether oxygens (including phenoxy) is 1. The van der Waals surface area contributed by atoms with Gasteiger partial charge in [-0.1, -0.05) is 11.6 Å². The summed E-state index contributed by atoms with van der Waals surface area (Å²) in [7, 11) is 0. The second-order valence-corrected chi connectivity index (χ2v) is 7.69. The largest absolute Gasteiger partial charge is 0.486 e. The number of carbonyl (C=O) groups excluding carboxylic acids is 1. The van der Waals surface area contributed by atoms with Crippen LogP contribution in [0.15, 0.2) is 36.0 Å². The normalized spacial score (nSPS) is 13.5. The second kappa shape index (κ2) is 8.06. The monoisotopic (exact) mass is 403 g/mol. The van der Waals surface area contributed by atoms with Crippen molar-refractivity contribution < 1.29 is 9.53 Å². The number of nitrogens with one attached hydrogen (secondary N) is 1. The molecule has 1 amide bonds. The number of hydrogen-bond acceptors (Lipinski definition) is 6. The number of hydrogen-bond donors (Lipinski definition) is 1. The summed E-state index contributed by atoms with van der Waals surface area (Å²) in [5.41, 5.74) is 0.732. The maximum Gasteiger partial charge on any atom is 0.226 e. The molecule has 1 fully saturated rings. The molecule has 2 aromatic heterocycles. The van der Waals surface area contributed by atoms with E-state index in [0.717, 1.165) is 35.1 Å². The molecule has 1 aliphatic rings. The zero-order valence-electron chi connectivity index (χ0n) is 14.5. The van der Waals surface area contributed by atoms with Crippen molar-refractivity contribution in [1.82, 2.24) is 25.1 Å². The number of amides is 1. The first-order valence-corrected chi connectivity index (χ1v) is 9.90. The van der Waals surface area contributed by atoms with Crippen LogP contribution in [-0.4, -0.2) is 25.7 Å². The zero-order chi connectivity index (χ0) is 18.6. The highest BCUT2D eigenvalue weighted by Gasteiger charge is 2.26. The van der Waals surface area contributed by atoms with Gasteiger partial charge in [0.2, 0.25) is 5.91 Å². The van der Waals surface area contributed by atoms with E-state index in [-0.39, 0.29) is 12.3 Å². The van der Waals surface area contributed by atoms with E-state index in [1.165, 1.54) is 11.3 Å². The summed E-state index contributed by atoms with van der Waals surface area (Å²) in [5.74, 6) is 1.44. The molecule has 0 bridgehead atoms. The lowest BCUT2D eigenvalue weighted by Crippen LogP contribution is -2.26. The van der Waals surface area contributed by atoms with Gasteiger partial charge in [0.1, 0.15) is 23.7 Å². The third kappa shape index (κ3) is 4.84. The van der Waals surface area contributed by atoms with Crippen molar-refractivity contribution in [3.8, 4) is 5.75 Å². The number of nitrogens with zero attached hydrogens (tertiary/aromatic N) is 4. The maximum absolute atomic E-state index is 12.2. The summed E-state index contributed by atoms with van der Waals surface area (Å²) in [5, 5.41) is 14.3. The Morgan fingerprint density at radius 2 is 2.15 bits per heavy atom. The van der Waals surface area contributed by atoms with Crippen molar-refractivity contribution in [2.24, 2.45) is 0 Å². The van der Waals surface area contributed by atoms with Gasteiger partial charge in [0, 0.05) is 16.4 Å². The lowest BCUT2D eigenvalue weighted by molar-refractivity contribution is -0.120. The highest BCUT2D eigenvalue weighted by atomic mass is 35.5. The molecule has 9 heteroatoms. The Hall–Kier alpha value is -2.45. The van der Waals surface area contributed by atoms with Gasteiger partial charge < -0.3 is 14.6 Å². The SMILES string of the molecule is O=C(Cc1csc(COc2ccc(Cl)cc2)n1)NCc1nncn1C1CC1. The molecule has 1 aliphatic carbocycles. The summed E-state index contributed by atoms with van der Waals surface area (Å²) in [6, 6.07) is 7.67. The molecule has 1 saturated carbocycles. The third-order valence-electron chi connectivity index (χ3n) is 4.15. The topological polar surface area (TPSA) is 81.9 Å². The average molecular weight is 404 g/mol. The molecule has 2 heterocycles. The Labute approximate surface area is 165 Å². The summed E-state index contributed by atoms with van der Waals surface area (Å²) in [6.45, 7) is 0.740. The van der Waals surface area contributed by atoms with Crippen LogP contribution in [0, 0.1) is 0 Å². The van der Waals surface area contributed by atoms with E-state index in [0.29, 0.717) is 24.2 Å². The quantitative estimate of drug-likeness (QED) is 0.624. The van der Waals surface area contributed by atoms with Crippen molar-refractivity contribution >= 4 is 28.8 Å². The smallest absolute Gasteiger partial charge is 0.226 e. The predicted octanol–water partition coefficient (Wildman–Crippen LogP) is 3.16. The molecule has 0 saturated heterocycles. The number of thiazole rings is 1. The number of benzene rings is 1. The van der Waals surface area contributed by atoms with Crippen LogP contribution < -0.4 is 10.1 Å². The number of carbonyl (C=O) groups is 1. The van der Waals surface area contributed by atoms with Crippen molar-refractivity contribution in [1.29, 1.82) is 0 Å². The molecule has 0 radical (unpaired) electrons. The minimum absolute atomic E-state index is 0.0872. The molecule has 0 atom stereocenters. The summed E-state index contributed by atoms with van der Waals surface area (Å²) in [6.07, 6.45) is 4.26. The van der Waals surface area contributed by atoms with Gasteiger partial charge in [-0.2, -0.15) is 0 Å². The van der Waals surface area contributed by atoms with Gasteiger partial charge in [0.05, 0.1) is 18.7 Å². The lowest BCUT2D eigenvalue weighted by atomic mass is 10.3.